The van der Waals surface area contributed by atoms with Gasteiger partial charge in [0.2, 0.25) is 0 Å². The van der Waals surface area contributed by atoms with Crippen LogP contribution in [0.15, 0.2) is 48.5 Å². The Bertz CT molecular complexity index is 840. The van der Waals surface area contributed by atoms with Crippen molar-refractivity contribution < 1.29 is 14.0 Å². The maximum atomic E-state index is 10.5. The molecule has 0 amide bonds. The van der Waals surface area contributed by atoms with Gasteiger partial charge in [0.15, 0.2) is 0 Å². The van der Waals surface area contributed by atoms with Crippen molar-refractivity contribution in [3.8, 4) is 0 Å². The second-order valence-electron chi connectivity index (χ2n) is 8.98. The van der Waals surface area contributed by atoms with Crippen molar-refractivity contribution in [1.82, 2.24) is 5.32 Å². The average Bonchev–Trinajstić information content (AvgIpc) is 3.28. The van der Waals surface area contributed by atoms with Gasteiger partial charge in [-0.3, -0.25) is 4.57 Å². The van der Waals surface area contributed by atoms with Gasteiger partial charge in [0.25, 0.3) is 0 Å². The Morgan fingerprint density at radius 1 is 1.03 bits per heavy atom. The predicted octanol–water partition coefficient (Wildman–Crippen LogP) is 6.83. The molecule has 1 aliphatic rings. The summed E-state index contributed by atoms with van der Waals surface area (Å²) in [7, 11) is -2.81. The van der Waals surface area contributed by atoms with Crippen LogP contribution in [0.1, 0.15) is 74.5 Å². The van der Waals surface area contributed by atoms with Gasteiger partial charge in [-0.1, -0.05) is 79.7 Å². The van der Waals surface area contributed by atoms with Crippen LogP contribution in [-0.2, 0) is 27.5 Å². The molecule has 0 heterocycles. The van der Waals surface area contributed by atoms with Crippen LogP contribution in [0.5, 0.6) is 0 Å². The first-order valence-electron chi connectivity index (χ1n) is 12.0. The fourth-order valence-electron chi connectivity index (χ4n) is 4.98. The summed E-state index contributed by atoms with van der Waals surface area (Å²) >= 11 is 6.54. The summed E-state index contributed by atoms with van der Waals surface area (Å²) in [6, 6.07) is 17.5. The van der Waals surface area contributed by atoms with E-state index in [0.29, 0.717) is 18.4 Å². The van der Waals surface area contributed by atoms with Crippen molar-refractivity contribution in [3.05, 3.63) is 70.2 Å². The van der Waals surface area contributed by atoms with E-state index in [0.717, 1.165) is 30.1 Å². The normalized spacial score (nSPS) is 16.3. The first-order valence-corrected chi connectivity index (χ1v) is 13.6. The van der Waals surface area contributed by atoms with Crippen molar-refractivity contribution in [2.75, 3.05) is 13.2 Å². The summed E-state index contributed by atoms with van der Waals surface area (Å²) in [4.78, 5) is 8.63. The van der Waals surface area contributed by atoms with E-state index >= 15 is 0 Å². The summed E-state index contributed by atoms with van der Waals surface area (Å²) in [5.41, 5.74) is 4.34. The largest absolute Gasteiger partial charge is 0.326 e. The number of aryl methyl sites for hydroxylation is 1. The topological polar surface area (TPSA) is 58.6 Å². The molecule has 6 heteroatoms. The molecule has 4 nitrogen and oxygen atoms in total. The number of rotatable bonds is 14. The van der Waals surface area contributed by atoms with Gasteiger partial charge >= 0.3 is 8.25 Å². The molecule has 0 aromatic heterocycles. The molecule has 0 radical (unpaired) electrons. The van der Waals surface area contributed by atoms with E-state index in [-0.39, 0.29) is 0 Å². The molecule has 2 aromatic rings. The summed E-state index contributed by atoms with van der Waals surface area (Å²) < 4.78 is 15.2. The first-order chi connectivity index (χ1) is 15.6. The number of hydrogen-bond donors (Lipinski definition) is 2. The zero-order valence-electron chi connectivity index (χ0n) is 19.0. The SMILES string of the molecule is O=[PH](O)OCCCNCc1ccc(CCCCCC2(c3ccccc3)CCCC2)c(Cl)c1. The molecule has 2 N–H and O–H groups in total. The van der Waals surface area contributed by atoms with Gasteiger partial charge in [-0.25, -0.2) is 0 Å². The Hall–Kier alpha value is -1.16. The van der Waals surface area contributed by atoms with Crippen LogP contribution in [0.25, 0.3) is 0 Å². The molecule has 0 aliphatic heterocycles. The van der Waals surface area contributed by atoms with Gasteiger partial charge in [0.05, 0.1) is 6.61 Å². The van der Waals surface area contributed by atoms with E-state index in [1.54, 1.807) is 5.56 Å². The Labute approximate surface area is 198 Å². The Morgan fingerprint density at radius 2 is 1.81 bits per heavy atom. The van der Waals surface area contributed by atoms with Crippen LogP contribution in [0.3, 0.4) is 0 Å². The van der Waals surface area contributed by atoms with Crippen LogP contribution in [0.4, 0.5) is 0 Å². The molecule has 176 valence electrons. The second-order valence-corrected chi connectivity index (χ2v) is 10.2. The van der Waals surface area contributed by atoms with Crippen molar-refractivity contribution in [1.29, 1.82) is 0 Å². The zero-order valence-corrected chi connectivity index (χ0v) is 20.7. The molecule has 32 heavy (non-hydrogen) atoms. The lowest BCUT2D eigenvalue weighted by molar-refractivity contribution is 0.276. The molecule has 0 saturated heterocycles. The Balaban J connectivity index is 1.36. The third-order valence-corrected chi connectivity index (χ3v) is 7.52. The van der Waals surface area contributed by atoms with Crippen LogP contribution < -0.4 is 5.32 Å². The van der Waals surface area contributed by atoms with Crippen LogP contribution in [0.2, 0.25) is 5.02 Å². The zero-order chi connectivity index (χ0) is 22.7. The van der Waals surface area contributed by atoms with E-state index in [9.17, 15) is 4.57 Å². The van der Waals surface area contributed by atoms with E-state index in [2.05, 4.69) is 58.4 Å². The summed E-state index contributed by atoms with van der Waals surface area (Å²) in [6.07, 6.45) is 12.1. The molecular weight excluding hydrogens is 441 g/mol. The molecule has 1 saturated carbocycles. The molecule has 3 rings (SSSR count). The Morgan fingerprint density at radius 3 is 2.53 bits per heavy atom. The van der Waals surface area contributed by atoms with E-state index in [1.807, 2.05) is 0 Å². The molecule has 1 atom stereocenters. The van der Waals surface area contributed by atoms with E-state index < -0.39 is 8.25 Å². The number of benzene rings is 2. The quantitative estimate of drug-likeness (QED) is 0.231. The molecule has 1 aliphatic carbocycles. The van der Waals surface area contributed by atoms with E-state index in [1.165, 1.54) is 56.9 Å². The highest BCUT2D eigenvalue weighted by atomic mass is 35.5. The fraction of sp³-hybridized carbons (Fsp3) is 0.538. The highest BCUT2D eigenvalue weighted by Gasteiger charge is 2.34. The Kier molecular flexibility index (Phi) is 10.8. The number of halogens is 1. The van der Waals surface area contributed by atoms with Crippen LogP contribution in [-0.4, -0.2) is 18.0 Å². The van der Waals surface area contributed by atoms with Crippen molar-refractivity contribution in [2.45, 2.75) is 76.2 Å². The molecule has 1 fully saturated rings. The molecule has 0 spiro atoms. The van der Waals surface area contributed by atoms with Gasteiger partial charge in [0, 0.05) is 11.6 Å². The lowest BCUT2D eigenvalue weighted by Crippen LogP contribution is -2.21. The second kappa shape index (κ2) is 13.5. The first kappa shape index (κ1) is 25.5. The van der Waals surface area contributed by atoms with Gasteiger partial charge in [-0.2, -0.15) is 0 Å². The molecule has 0 bridgehead atoms. The summed E-state index contributed by atoms with van der Waals surface area (Å²) in [5, 5.41) is 4.16. The maximum Gasteiger partial charge on any atom is 0.316 e. The standard InChI is InChI=1S/C26H37ClNO3P/c27-25-20-22(21-28-18-9-19-31-32(29)30)13-14-23(25)10-3-2-6-15-26(16-7-8-17-26)24-11-4-1-5-12-24/h1,4-5,11-14,20,28,32H,2-3,6-10,15-19,21H2,(H,29,30). The smallest absolute Gasteiger partial charge is 0.316 e. The fourth-order valence-corrected chi connectivity index (χ4v) is 5.59. The minimum absolute atomic E-state index is 0.299. The summed E-state index contributed by atoms with van der Waals surface area (Å²) in [6.45, 7) is 1.77. The van der Waals surface area contributed by atoms with Gasteiger partial charge in [-0.15, -0.1) is 0 Å². The van der Waals surface area contributed by atoms with Crippen molar-refractivity contribution >= 4 is 19.9 Å². The van der Waals surface area contributed by atoms with Gasteiger partial charge < -0.3 is 14.7 Å². The number of unbranched alkanes of at least 4 members (excludes halogenated alkanes) is 2. The number of nitrogens with one attached hydrogen (secondary N) is 1. The van der Waals surface area contributed by atoms with Crippen molar-refractivity contribution in [2.24, 2.45) is 0 Å². The molecular formula is C26H37ClNO3P. The van der Waals surface area contributed by atoms with Gasteiger partial charge in [-0.05, 0) is 73.2 Å². The third-order valence-electron chi connectivity index (χ3n) is 6.72. The average molecular weight is 478 g/mol. The third kappa shape index (κ3) is 8.01. The highest BCUT2D eigenvalue weighted by Crippen LogP contribution is 2.44. The lowest BCUT2D eigenvalue weighted by atomic mass is 9.75. The van der Waals surface area contributed by atoms with Gasteiger partial charge in [0.1, 0.15) is 0 Å². The summed E-state index contributed by atoms with van der Waals surface area (Å²) in [5.74, 6) is 0. The lowest BCUT2D eigenvalue weighted by Gasteiger charge is -2.30. The van der Waals surface area contributed by atoms with Crippen LogP contribution in [0, 0.1) is 0 Å². The maximum absolute atomic E-state index is 10.5. The highest BCUT2D eigenvalue weighted by molar-refractivity contribution is 7.32. The predicted molar refractivity (Wildman–Crippen MR) is 134 cm³/mol. The van der Waals surface area contributed by atoms with Crippen LogP contribution >= 0.6 is 19.9 Å². The molecule has 1 unspecified atom stereocenters. The monoisotopic (exact) mass is 477 g/mol. The van der Waals surface area contributed by atoms with E-state index in [4.69, 9.17) is 16.5 Å². The molecule has 2 aromatic carbocycles. The van der Waals surface area contributed by atoms with Crippen molar-refractivity contribution in [3.63, 3.8) is 0 Å². The minimum Gasteiger partial charge on any atom is -0.326 e. The number of hydrogen-bond acceptors (Lipinski definition) is 3. The minimum atomic E-state index is -2.81.